The molecule has 4 heteroatoms. The molecule has 76 valence electrons. The third-order valence-electron chi connectivity index (χ3n) is 1.78. The smallest absolute Gasteiger partial charge is 0.252 e. The number of aromatic amines is 1. The average Bonchev–Trinajstić information content (AvgIpc) is 2.17. The summed E-state index contributed by atoms with van der Waals surface area (Å²) in [5.41, 5.74) is -0.113. The van der Waals surface area contributed by atoms with E-state index >= 15 is 0 Å². The molecule has 0 aromatic carbocycles. The zero-order valence-corrected chi connectivity index (χ0v) is 8.34. The normalized spacial score (nSPS) is 9.79. The summed E-state index contributed by atoms with van der Waals surface area (Å²) in [5, 5.41) is 3.06. The van der Waals surface area contributed by atoms with Gasteiger partial charge in [0.2, 0.25) is 0 Å². The van der Waals surface area contributed by atoms with Crippen molar-refractivity contribution in [3.05, 3.63) is 34.9 Å². The van der Waals surface area contributed by atoms with Crippen molar-refractivity contribution >= 4 is 5.82 Å². The van der Waals surface area contributed by atoms with Crippen LogP contribution in [0, 0.1) is 0 Å². The number of anilines is 1. The van der Waals surface area contributed by atoms with Gasteiger partial charge in [-0.2, -0.15) is 0 Å². The number of aryl methyl sites for hydroxylation is 1. The van der Waals surface area contributed by atoms with E-state index in [0.29, 0.717) is 11.6 Å². The molecule has 0 saturated carbocycles. The van der Waals surface area contributed by atoms with Crippen LogP contribution in [0.3, 0.4) is 0 Å². The Morgan fingerprint density at radius 2 is 2.50 bits per heavy atom. The lowest BCUT2D eigenvalue weighted by Gasteiger charge is -2.04. The van der Waals surface area contributed by atoms with Crippen molar-refractivity contribution in [2.45, 2.75) is 19.8 Å². The Kier molecular flexibility index (Phi) is 3.91. The standard InChI is InChI=1S/C10H15N3O/c1-3-5-6-11-9-7-10(14)13-8(4-2)12-9/h3,7H,1,4-6H2,2H3,(H2,11,12,13,14). The number of rotatable bonds is 5. The summed E-state index contributed by atoms with van der Waals surface area (Å²) in [7, 11) is 0. The monoisotopic (exact) mass is 193 g/mol. The van der Waals surface area contributed by atoms with Crippen LogP contribution in [0.2, 0.25) is 0 Å². The second-order valence-electron chi connectivity index (χ2n) is 2.94. The summed E-state index contributed by atoms with van der Waals surface area (Å²) in [6, 6.07) is 1.46. The van der Waals surface area contributed by atoms with Gasteiger partial charge in [-0.1, -0.05) is 13.0 Å². The van der Waals surface area contributed by atoms with E-state index in [1.54, 1.807) is 0 Å². The van der Waals surface area contributed by atoms with Crippen LogP contribution in [0.15, 0.2) is 23.5 Å². The first-order valence-corrected chi connectivity index (χ1v) is 4.71. The predicted octanol–water partition coefficient (Wildman–Crippen LogP) is 1.32. The molecule has 0 radical (unpaired) electrons. The fourth-order valence-electron chi connectivity index (χ4n) is 1.07. The van der Waals surface area contributed by atoms with Crippen LogP contribution in [-0.2, 0) is 6.42 Å². The highest BCUT2D eigenvalue weighted by Crippen LogP contribution is 1.99. The lowest BCUT2D eigenvalue weighted by molar-refractivity contribution is 0.912. The molecule has 0 aliphatic heterocycles. The molecule has 0 unspecified atom stereocenters. The lowest BCUT2D eigenvalue weighted by Crippen LogP contribution is -2.13. The van der Waals surface area contributed by atoms with Gasteiger partial charge in [-0.25, -0.2) is 4.98 Å². The van der Waals surface area contributed by atoms with E-state index in [-0.39, 0.29) is 5.56 Å². The van der Waals surface area contributed by atoms with E-state index in [4.69, 9.17) is 0 Å². The van der Waals surface area contributed by atoms with Crippen molar-refractivity contribution in [1.82, 2.24) is 9.97 Å². The van der Waals surface area contributed by atoms with Gasteiger partial charge < -0.3 is 10.3 Å². The van der Waals surface area contributed by atoms with Crippen molar-refractivity contribution < 1.29 is 0 Å². The SMILES string of the molecule is C=CCCNc1cc(=O)[nH]c(CC)n1. The van der Waals surface area contributed by atoms with E-state index in [1.807, 2.05) is 13.0 Å². The molecule has 0 amide bonds. The van der Waals surface area contributed by atoms with E-state index < -0.39 is 0 Å². The maximum Gasteiger partial charge on any atom is 0.252 e. The molecule has 0 saturated heterocycles. The van der Waals surface area contributed by atoms with E-state index in [0.717, 1.165) is 19.4 Å². The average molecular weight is 193 g/mol. The molecule has 1 aromatic heterocycles. The first kappa shape index (κ1) is 10.5. The molecule has 0 bridgehead atoms. The van der Waals surface area contributed by atoms with Crippen LogP contribution >= 0.6 is 0 Å². The highest BCUT2D eigenvalue weighted by atomic mass is 16.1. The quantitative estimate of drug-likeness (QED) is 0.547. The number of aromatic nitrogens is 2. The summed E-state index contributed by atoms with van der Waals surface area (Å²) in [4.78, 5) is 18.0. The Morgan fingerprint density at radius 1 is 1.71 bits per heavy atom. The number of nitrogens with one attached hydrogen (secondary N) is 2. The molecule has 2 N–H and O–H groups in total. The molecular weight excluding hydrogens is 178 g/mol. The summed E-state index contributed by atoms with van der Waals surface area (Å²) in [5.74, 6) is 1.34. The minimum absolute atomic E-state index is 0.113. The zero-order valence-electron chi connectivity index (χ0n) is 8.34. The van der Waals surface area contributed by atoms with E-state index in [9.17, 15) is 4.79 Å². The van der Waals surface area contributed by atoms with Gasteiger partial charge in [-0.3, -0.25) is 4.79 Å². The molecule has 0 atom stereocenters. The van der Waals surface area contributed by atoms with Crippen LogP contribution in [0.4, 0.5) is 5.82 Å². The van der Waals surface area contributed by atoms with Crippen LogP contribution in [-0.4, -0.2) is 16.5 Å². The zero-order chi connectivity index (χ0) is 10.4. The highest BCUT2D eigenvalue weighted by Gasteiger charge is 1.97. The summed E-state index contributed by atoms with van der Waals surface area (Å²) in [6.07, 6.45) is 3.41. The first-order chi connectivity index (χ1) is 6.76. The maximum atomic E-state index is 11.1. The van der Waals surface area contributed by atoms with Crippen molar-refractivity contribution in [2.75, 3.05) is 11.9 Å². The minimum Gasteiger partial charge on any atom is -0.370 e. The minimum atomic E-state index is -0.113. The molecule has 4 nitrogen and oxygen atoms in total. The van der Waals surface area contributed by atoms with Crippen molar-refractivity contribution in [3.63, 3.8) is 0 Å². The van der Waals surface area contributed by atoms with Gasteiger partial charge in [0, 0.05) is 19.0 Å². The third-order valence-corrected chi connectivity index (χ3v) is 1.78. The van der Waals surface area contributed by atoms with Crippen LogP contribution < -0.4 is 10.9 Å². The second-order valence-corrected chi connectivity index (χ2v) is 2.94. The van der Waals surface area contributed by atoms with Gasteiger partial charge in [0.05, 0.1) is 0 Å². The highest BCUT2D eigenvalue weighted by molar-refractivity contribution is 5.32. The molecule has 0 fully saturated rings. The predicted molar refractivity (Wildman–Crippen MR) is 57.5 cm³/mol. The van der Waals surface area contributed by atoms with Gasteiger partial charge in [0.1, 0.15) is 11.6 Å². The molecule has 1 aromatic rings. The Balaban J connectivity index is 2.71. The van der Waals surface area contributed by atoms with Gasteiger partial charge in [-0.05, 0) is 6.42 Å². The van der Waals surface area contributed by atoms with E-state index in [2.05, 4.69) is 21.9 Å². The largest absolute Gasteiger partial charge is 0.370 e. The molecule has 1 rings (SSSR count). The Hall–Kier alpha value is -1.58. The fraction of sp³-hybridized carbons (Fsp3) is 0.400. The summed E-state index contributed by atoms with van der Waals surface area (Å²) >= 11 is 0. The van der Waals surface area contributed by atoms with Crippen LogP contribution in [0.25, 0.3) is 0 Å². The number of hydrogen-bond donors (Lipinski definition) is 2. The number of nitrogens with zero attached hydrogens (tertiary/aromatic N) is 1. The Morgan fingerprint density at radius 3 is 3.14 bits per heavy atom. The van der Waals surface area contributed by atoms with Crippen LogP contribution in [0.5, 0.6) is 0 Å². The maximum absolute atomic E-state index is 11.1. The van der Waals surface area contributed by atoms with Gasteiger partial charge in [-0.15, -0.1) is 6.58 Å². The van der Waals surface area contributed by atoms with Gasteiger partial charge in [0.25, 0.3) is 5.56 Å². The topological polar surface area (TPSA) is 57.8 Å². The second kappa shape index (κ2) is 5.21. The first-order valence-electron chi connectivity index (χ1n) is 4.71. The summed E-state index contributed by atoms with van der Waals surface area (Å²) in [6.45, 7) is 6.32. The van der Waals surface area contributed by atoms with Gasteiger partial charge in [0.15, 0.2) is 0 Å². The molecule has 0 spiro atoms. The number of hydrogen-bond acceptors (Lipinski definition) is 3. The summed E-state index contributed by atoms with van der Waals surface area (Å²) < 4.78 is 0. The molecular formula is C10H15N3O. The third kappa shape index (κ3) is 3.05. The van der Waals surface area contributed by atoms with Gasteiger partial charge >= 0.3 is 0 Å². The van der Waals surface area contributed by atoms with E-state index in [1.165, 1.54) is 6.07 Å². The fourth-order valence-corrected chi connectivity index (χ4v) is 1.07. The number of H-pyrrole nitrogens is 1. The Bertz CT molecular complexity index is 357. The Labute approximate surface area is 83.1 Å². The lowest BCUT2D eigenvalue weighted by atomic mass is 10.4. The van der Waals surface area contributed by atoms with Crippen molar-refractivity contribution in [3.8, 4) is 0 Å². The van der Waals surface area contributed by atoms with Crippen molar-refractivity contribution in [1.29, 1.82) is 0 Å². The molecule has 14 heavy (non-hydrogen) atoms. The molecule has 1 heterocycles. The van der Waals surface area contributed by atoms with Crippen molar-refractivity contribution in [2.24, 2.45) is 0 Å². The van der Waals surface area contributed by atoms with Crippen LogP contribution in [0.1, 0.15) is 19.2 Å². The molecule has 0 aliphatic rings. The molecule has 0 aliphatic carbocycles.